The van der Waals surface area contributed by atoms with Crippen LogP contribution in [-0.2, 0) is 4.79 Å². The Hall–Kier alpha value is -4.74. The standard InChI is InChI=1S/C24H19N3O6S.C2H4O/c1-2-22(26(30)31)17-20(15-16-25(28)29)4-3-18-5-10-21(24(14-9-18)27(32)33)11-6-19-7-12-23(34)13-8-19;1-2-3/h5,7-10,12-13,15,17,34H,2,14,16H2,1H3;2H,1H3/b20-15-,22-17+;. The fourth-order valence-electron chi connectivity index (χ4n) is 2.64. The van der Waals surface area contributed by atoms with Crippen LogP contribution in [0.25, 0.3) is 0 Å². The Morgan fingerprint density at radius 2 is 1.70 bits per heavy atom. The number of allylic oxidation sites excluding steroid dienone is 8. The molecule has 1 aliphatic carbocycles. The minimum absolute atomic E-state index is 0.0392. The predicted molar refractivity (Wildman–Crippen MR) is 141 cm³/mol. The van der Waals surface area contributed by atoms with Crippen LogP contribution >= 0.6 is 12.6 Å². The number of aldehydes is 1. The Morgan fingerprint density at radius 3 is 2.24 bits per heavy atom. The normalized spacial score (nSPS) is 12.9. The molecule has 0 fully saturated rings. The van der Waals surface area contributed by atoms with E-state index in [4.69, 9.17) is 4.79 Å². The van der Waals surface area contributed by atoms with Crippen molar-refractivity contribution in [3.8, 4) is 23.7 Å². The first-order valence-corrected chi connectivity index (χ1v) is 11.2. The van der Waals surface area contributed by atoms with Crippen LogP contribution < -0.4 is 0 Å². The van der Waals surface area contributed by atoms with Gasteiger partial charge in [-0.25, -0.2) is 0 Å². The van der Waals surface area contributed by atoms with Crippen molar-refractivity contribution in [1.29, 1.82) is 0 Å². The van der Waals surface area contributed by atoms with Crippen molar-refractivity contribution in [3.05, 3.63) is 119 Å². The van der Waals surface area contributed by atoms with Crippen molar-refractivity contribution >= 4 is 18.9 Å². The van der Waals surface area contributed by atoms with E-state index in [9.17, 15) is 30.3 Å². The quantitative estimate of drug-likeness (QED) is 0.142. The molecule has 37 heavy (non-hydrogen) atoms. The average Bonchev–Trinajstić information content (AvgIpc) is 3.05. The summed E-state index contributed by atoms with van der Waals surface area (Å²) in [5.74, 6) is 11.2. The van der Waals surface area contributed by atoms with Gasteiger partial charge >= 0.3 is 0 Å². The zero-order valence-corrected chi connectivity index (χ0v) is 20.9. The van der Waals surface area contributed by atoms with E-state index in [0.29, 0.717) is 11.1 Å². The highest BCUT2D eigenvalue weighted by Crippen LogP contribution is 2.19. The van der Waals surface area contributed by atoms with E-state index in [1.165, 1.54) is 31.2 Å². The first kappa shape index (κ1) is 30.3. The number of carbonyl (C=O) groups excluding carboxylic acids is 1. The maximum Gasteiger partial charge on any atom is 0.265 e. The second kappa shape index (κ2) is 16.0. The maximum absolute atomic E-state index is 11.5. The van der Waals surface area contributed by atoms with Crippen LogP contribution in [0.5, 0.6) is 0 Å². The van der Waals surface area contributed by atoms with E-state index in [1.54, 1.807) is 37.3 Å². The number of hydrogen-bond acceptors (Lipinski definition) is 8. The molecule has 0 unspecified atom stereocenters. The van der Waals surface area contributed by atoms with Gasteiger partial charge in [-0.05, 0) is 43.3 Å². The summed E-state index contributed by atoms with van der Waals surface area (Å²) in [5.41, 5.74) is 1.17. The molecule has 0 aromatic heterocycles. The van der Waals surface area contributed by atoms with Gasteiger partial charge in [0.1, 0.15) is 6.29 Å². The highest BCUT2D eigenvalue weighted by Gasteiger charge is 2.16. The number of nitrogens with zero attached hydrogens (tertiary/aromatic N) is 3. The van der Waals surface area contributed by atoms with Crippen molar-refractivity contribution < 1.29 is 19.6 Å². The Kier molecular flexibility index (Phi) is 13.1. The van der Waals surface area contributed by atoms with Crippen molar-refractivity contribution in [2.45, 2.75) is 31.6 Å². The van der Waals surface area contributed by atoms with Gasteiger partial charge in [0.25, 0.3) is 5.70 Å². The third kappa shape index (κ3) is 11.5. The largest absolute Gasteiger partial charge is 0.304 e. The second-order valence-electron chi connectivity index (χ2n) is 7.02. The molecule has 0 amide bonds. The number of nitro groups is 3. The van der Waals surface area contributed by atoms with Gasteiger partial charge in [-0.3, -0.25) is 30.3 Å². The van der Waals surface area contributed by atoms with Crippen molar-refractivity contribution in [1.82, 2.24) is 0 Å². The Labute approximate surface area is 219 Å². The molecule has 0 saturated heterocycles. The summed E-state index contributed by atoms with van der Waals surface area (Å²) in [6.45, 7) is 2.48. The maximum atomic E-state index is 11.5. The molecule has 0 radical (unpaired) electrons. The lowest BCUT2D eigenvalue weighted by molar-refractivity contribution is -0.468. The molecule has 10 nitrogen and oxygen atoms in total. The molecule has 0 bridgehead atoms. The molecule has 1 aliphatic rings. The minimum atomic E-state index is -0.583. The second-order valence-corrected chi connectivity index (χ2v) is 7.53. The Morgan fingerprint density at radius 1 is 1.05 bits per heavy atom. The van der Waals surface area contributed by atoms with Gasteiger partial charge in [-0.2, -0.15) is 0 Å². The van der Waals surface area contributed by atoms with Crippen LogP contribution in [-0.4, -0.2) is 27.6 Å². The molecule has 11 heteroatoms. The van der Waals surface area contributed by atoms with Crippen LogP contribution in [0.1, 0.15) is 32.3 Å². The molecular weight excluding hydrogens is 498 g/mol. The van der Waals surface area contributed by atoms with Crippen LogP contribution in [0.15, 0.2) is 87.7 Å². The lowest BCUT2D eigenvalue weighted by atomic mass is 10.1. The third-order valence-corrected chi connectivity index (χ3v) is 4.71. The summed E-state index contributed by atoms with van der Waals surface area (Å²) in [4.78, 5) is 41.3. The van der Waals surface area contributed by atoms with E-state index in [0.717, 1.165) is 11.2 Å². The number of benzene rings is 1. The van der Waals surface area contributed by atoms with E-state index in [2.05, 4.69) is 36.3 Å². The number of hydrogen-bond donors (Lipinski definition) is 1. The van der Waals surface area contributed by atoms with Gasteiger partial charge in [0.05, 0.1) is 21.8 Å². The first-order chi connectivity index (χ1) is 17.6. The minimum Gasteiger partial charge on any atom is -0.304 e. The van der Waals surface area contributed by atoms with Crippen LogP contribution in [0.4, 0.5) is 0 Å². The van der Waals surface area contributed by atoms with Crippen LogP contribution in [0.3, 0.4) is 0 Å². The smallest absolute Gasteiger partial charge is 0.265 e. The lowest BCUT2D eigenvalue weighted by Crippen LogP contribution is -2.00. The molecule has 0 spiro atoms. The van der Waals surface area contributed by atoms with Gasteiger partial charge in [0, 0.05) is 45.1 Å². The summed E-state index contributed by atoms with van der Waals surface area (Å²) in [7, 11) is 0. The number of rotatable bonds is 6. The predicted octanol–water partition coefficient (Wildman–Crippen LogP) is 4.73. The van der Waals surface area contributed by atoms with Gasteiger partial charge in [0.15, 0.2) is 0 Å². The Balaban J connectivity index is 0.00000217. The Bertz CT molecular complexity index is 1330. The van der Waals surface area contributed by atoms with Crippen molar-refractivity contribution in [3.63, 3.8) is 0 Å². The van der Waals surface area contributed by atoms with E-state index in [1.807, 2.05) is 0 Å². The highest BCUT2D eigenvalue weighted by molar-refractivity contribution is 7.80. The molecule has 0 heterocycles. The summed E-state index contributed by atoms with van der Waals surface area (Å²) in [6, 6.07) is 7.02. The van der Waals surface area contributed by atoms with E-state index in [-0.39, 0.29) is 35.4 Å². The number of thiol groups is 1. The van der Waals surface area contributed by atoms with Gasteiger partial charge in [0.2, 0.25) is 12.2 Å². The molecule has 1 aromatic carbocycles. The van der Waals surface area contributed by atoms with E-state index >= 15 is 0 Å². The summed E-state index contributed by atoms with van der Waals surface area (Å²) < 4.78 is 0. The van der Waals surface area contributed by atoms with Crippen LogP contribution in [0, 0.1) is 54.0 Å². The van der Waals surface area contributed by atoms with Crippen LogP contribution in [0.2, 0.25) is 0 Å². The fourth-order valence-corrected chi connectivity index (χ4v) is 2.79. The molecule has 0 N–H and O–H groups in total. The molecule has 1 aromatic rings. The fraction of sp³-hybridized carbons (Fsp3) is 0.192. The van der Waals surface area contributed by atoms with Crippen molar-refractivity contribution in [2.75, 3.05) is 6.54 Å². The number of carbonyl (C=O) groups is 1. The van der Waals surface area contributed by atoms with E-state index < -0.39 is 21.3 Å². The summed E-state index contributed by atoms with van der Waals surface area (Å²) in [5, 5.41) is 33.3. The molecular formula is C26H23N3O7S. The van der Waals surface area contributed by atoms with Gasteiger partial charge in [-0.15, -0.1) is 12.6 Å². The molecule has 0 atom stereocenters. The summed E-state index contributed by atoms with van der Waals surface area (Å²) in [6.07, 6.45) is 7.76. The highest BCUT2D eigenvalue weighted by atomic mass is 32.1. The zero-order valence-electron chi connectivity index (χ0n) is 20.0. The summed E-state index contributed by atoms with van der Waals surface area (Å²) >= 11 is 4.21. The molecule has 0 saturated carbocycles. The molecule has 2 rings (SSSR count). The third-order valence-electron chi connectivity index (χ3n) is 4.42. The SMILES string of the molecule is CC/C(=C\C(C#CC1=CCC([N+](=O)[O-])=C(C#Cc2ccc(S)cc2)C=C1)=C/C[N+](=O)[O-])[N+](=O)[O-].CC=O. The molecule has 190 valence electrons. The lowest BCUT2D eigenvalue weighted by Gasteiger charge is -1.95. The first-order valence-electron chi connectivity index (χ1n) is 10.8. The van der Waals surface area contributed by atoms with Crippen molar-refractivity contribution in [2.24, 2.45) is 0 Å². The zero-order chi connectivity index (χ0) is 27.8. The van der Waals surface area contributed by atoms with Gasteiger partial charge in [-0.1, -0.05) is 36.7 Å². The monoisotopic (exact) mass is 521 g/mol. The van der Waals surface area contributed by atoms with Gasteiger partial charge < -0.3 is 4.79 Å². The molecule has 0 aliphatic heterocycles. The average molecular weight is 522 g/mol. The topological polar surface area (TPSA) is 146 Å².